The summed E-state index contributed by atoms with van der Waals surface area (Å²) in [5, 5.41) is 8.34. The fourth-order valence-corrected chi connectivity index (χ4v) is 13.8. The van der Waals surface area contributed by atoms with Crippen molar-refractivity contribution in [3.8, 4) is 23.3 Å². The molecule has 4 aliphatic heterocycles. The molecule has 0 aromatic carbocycles. The summed E-state index contributed by atoms with van der Waals surface area (Å²) in [6.07, 6.45) is 14.0. The Morgan fingerprint density at radius 3 is 1.52 bits per heavy atom. The van der Waals surface area contributed by atoms with Crippen molar-refractivity contribution in [1.82, 2.24) is 54.5 Å². The van der Waals surface area contributed by atoms with Crippen LogP contribution in [0.5, 0.6) is 23.3 Å². The molecule has 2 saturated carbocycles. The summed E-state index contributed by atoms with van der Waals surface area (Å²) in [5.41, 5.74) is 2.62. The Morgan fingerprint density at radius 2 is 1.04 bits per heavy atom. The maximum absolute atomic E-state index is 12.4. The number of hydrogen-bond acceptors (Lipinski definition) is 25. The van der Waals surface area contributed by atoms with Gasteiger partial charge in [0, 0.05) is 116 Å². The number of anilines is 6. The molecule has 2 aliphatic carbocycles. The maximum Gasteiger partial charge on any atom is 0.229 e. The molecule has 91 heavy (non-hydrogen) atoms. The van der Waals surface area contributed by atoms with Crippen LogP contribution < -0.4 is 48.8 Å². The van der Waals surface area contributed by atoms with Gasteiger partial charge in [-0.2, -0.15) is 9.97 Å². The second kappa shape index (κ2) is 28.9. The van der Waals surface area contributed by atoms with E-state index in [1.54, 1.807) is 24.5 Å². The first-order valence-electron chi connectivity index (χ1n) is 32.0. The number of hydrogen-bond donors (Lipinski definition) is 4. The van der Waals surface area contributed by atoms with E-state index in [9.17, 15) is 16.8 Å². The summed E-state index contributed by atoms with van der Waals surface area (Å²) in [6, 6.07) is 11.5. The highest BCUT2D eigenvalue weighted by molar-refractivity contribution is 7.92. The Morgan fingerprint density at radius 1 is 0.549 bits per heavy atom. The lowest BCUT2D eigenvalue weighted by Crippen LogP contribution is -2.55. The maximum atomic E-state index is 12.4. The number of pyridine rings is 5. The van der Waals surface area contributed by atoms with E-state index in [-0.39, 0.29) is 36.5 Å². The molecule has 6 aliphatic rings. The van der Waals surface area contributed by atoms with Gasteiger partial charge in [0.2, 0.25) is 37.8 Å². The molecular formula is C62H87N17O10S2. The van der Waals surface area contributed by atoms with Crippen LogP contribution in [0.15, 0.2) is 61.2 Å². The first-order valence-corrected chi connectivity index (χ1v) is 35.7. The molecule has 4 N–H and O–H groups in total. The summed E-state index contributed by atoms with van der Waals surface area (Å²) in [6.45, 7) is 16.2. The third-order valence-electron chi connectivity index (χ3n) is 17.9. The second-order valence-corrected chi connectivity index (χ2v) is 28.6. The van der Waals surface area contributed by atoms with Crippen LogP contribution in [-0.4, -0.2) is 252 Å². The largest absolute Gasteiger partial charge is 0.491 e. The highest BCUT2D eigenvalue weighted by Gasteiger charge is 2.36. The van der Waals surface area contributed by atoms with Crippen LogP contribution in [0.2, 0.25) is 0 Å². The molecule has 2 unspecified atom stereocenters. The van der Waals surface area contributed by atoms with Crippen molar-refractivity contribution in [3.05, 3.63) is 66.9 Å². The van der Waals surface area contributed by atoms with Crippen molar-refractivity contribution in [2.75, 3.05) is 175 Å². The molecule has 4 saturated heterocycles. The standard InChI is InChI=1S/C62H87N17O10S2/c1-42-54(85-29-25-77-22-18-75(3)19-23-77)39-66-62(67-42)69-44-8-12-48(13-9-44)89-61-51-33-46(73-91(5,82)83)37-64-53(51)35-59(71-61)79-27-31-87-56(41-79)55-40-78(26-30-86-55)58-34-52-50(32-45(36-63-52)72-90(4,80)81)60(70-58)88-47-10-6-43(7-11-47)68-57-15-14-49(38-65-57)84-28-24-76-20-16-74(2)17-21-76/h14-15,32-39,43-44,47-48,55-56,72-73H,6-13,16-31,40-41H2,1-5H3,(H,65,68)(H,66,67,69). The van der Waals surface area contributed by atoms with Gasteiger partial charge in [0.25, 0.3) is 0 Å². The molecule has 6 aromatic rings. The monoisotopic (exact) mass is 1290 g/mol. The Bertz CT molecular complexity index is 3660. The van der Waals surface area contributed by atoms with Crippen LogP contribution in [0, 0.1) is 6.92 Å². The molecule has 27 nitrogen and oxygen atoms in total. The summed E-state index contributed by atoms with van der Waals surface area (Å²) in [4.78, 5) is 47.7. The molecule has 492 valence electrons. The first-order chi connectivity index (χ1) is 43.9. The second-order valence-electron chi connectivity index (χ2n) is 25.1. The average Bonchev–Trinajstić information content (AvgIpc) is 1.02. The lowest BCUT2D eigenvalue weighted by Gasteiger charge is -2.42. The molecule has 0 radical (unpaired) electrons. The van der Waals surface area contributed by atoms with Gasteiger partial charge in [0.05, 0.1) is 89.4 Å². The van der Waals surface area contributed by atoms with Gasteiger partial charge in [0.1, 0.15) is 60.8 Å². The molecule has 6 fully saturated rings. The zero-order valence-electron chi connectivity index (χ0n) is 52.8. The normalized spacial score (nSPS) is 23.6. The minimum atomic E-state index is -3.60. The van der Waals surface area contributed by atoms with Crippen molar-refractivity contribution in [2.24, 2.45) is 0 Å². The van der Waals surface area contributed by atoms with Crippen LogP contribution in [0.4, 0.5) is 34.8 Å². The number of rotatable bonds is 23. The number of piperazine rings is 2. The van der Waals surface area contributed by atoms with Gasteiger partial charge in [-0.15, -0.1) is 0 Å². The molecule has 0 bridgehead atoms. The van der Waals surface area contributed by atoms with Crippen LogP contribution in [0.25, 0.3) is 21.8 Å². The third kappa shape index (κ3) is 17.6. The van der Waals surface area contributed by atoms with E-state index in [0.29, 0.717) is 121 Å². The van der Waals surface area contributed by atoms with Gasteiger partial charge in [-0.3, -0.25) is 29.2 Å². The fourth-order valence-electron chi connectivity index (χ4n) is 12.7. The molecule has 0 amide bonds. The number of nitrogens with zero attached hydrogens (tertiary/aromatic N) is 13. The van der Waals surface area contributed by atoms with Gasteiger partial charge in [0.15, 0.2) is 5.75 Å². The van der Waals surface area contributed by atoms with Crippen LogP contribution in [-0.2, 0) is 29.5 Å². The quantitative estimate of drug-likeness (QED) is 0.0672. The van der Waals surface area contributed by atoms with E-state index in [1.807, 2.05) is 31.2 Å². The van der Waals surface area contributed by atoms with Crippen molar-refractivity contribution < 1.29 is 45.3 Å². The third-order valence-corrected chi connectivity index (χ3v) is 19.1. The topological polar surface area (TPSA) is 281 Å². The summed E-state index contributed by atoms with van der Waals surface area (Å²) in [5.74, 6) is 4.86. The number of sulfonamides is 2. The summed E-state index contributed by atoms with van der Waals surface area (Å²) < 4.78 is 93.4. The van der Waals surface area contributed by atoms with Crippen LogP contribution >= 0.6 is 0 Å². The fraction of sp³-hybridized carbons (Fsp3) is 0.597. The van der Waals surface area contributed by atoms with Crippen LogP contribution in [0.3, 0.4) is 0 Å². The minimum absolute atomic E-state index is 0.134. The van der Waals surface area contributed by atoms with Gasteiger partial charge < -0.3 is 58.7 Å². The summed E-state index contributed by atoms with van der Waals surface area (Å²) in [7, 11) is -2.87. The number of aryl methyl sites for hydroxylation is 1. The van der Waals surface area contributed by atoms with E-state index in [4.69, 9.17) is 53.3 Å². The Labute approximate surface area is 533 Å². The Hall–Kier alpha value is -6.99. The first kappa shape index (κ1) is 64.1. The number of nitrogens with one attached hydrogen (secondary N) is 4. The molecular weight excluding hydrogens is 1210 g/mol. The lowest BCUT2D eigenvalue weighted by atomic mass is 9.93. The zero-order chi connectivity index (χ0) is 63.1. The van der Waals surface area contributed by atoms with Crippen molar-refractivity contribution in [2.45, 2.75) is 94.8 Å². The number of morpholine rings is 2. The number of aromatic nitrogens is 7. The van der Waals surface area contributed by atoms with Gasteiger partial charge >= 0.3 is 0 Å². The summed E-state index contributed by atoms with van der Waals surface area (Å²) >= 11 is 0. The highest BCUT2D eigenvalue weighted by atomic mass is 32.2. The molecule has 6 aromatic heterocycles. The van der Waals surface area contributed by atoms with E-state index in [1.165, 1.54) is 12.4 Å². The SMILES string of the molecule is Cc1nc(NC2CCC(Oc3nc(N4CCOC(C5CN(c6cc7ncc(NS(C)(=O)=O)cc7c(OC7CCC(Nc8ccc(OCCN9CCN(C)CC9)cn8)CC7)n6)CCO5)C4)cc4ncc(NS(C)(=O)=O)cc34)CC2)ncc1OCCN1CCN(C)CC1. The number of ether oxygens (including phenoxy) is 6. The van der Waals surface area contributed by atoms with E-state index in [2.05, 4.69) is 73.5 Å². The lowest BCUT2D eigenvalue weighted by molar-refractivity contribution is -0.0827. The van der Waals surface area contributed by atoms with E-state index >= 15 is 0 Å². The van der Waals surface area contributed by atoms with Gasteiger partial charge in [-0.1, -0.05) is 0 Å². The smallest absolute Gasteiger partial charge is 0.229 e. The zero-order valence-corrected chi connectivity index (χ0v) is 54.5. The highest BCUT2D eigenvalue weighted by Crippen LogP contribution is 2.37. The van der Waals surface area contributed by atoms with Gasteiger partial charge in [-0.05, 0) is 96.7 Å². The van der Waals surface area contributed by atoms with Crippen molar-refractivity contribution >= 4 is 76.6 Å². The predicted octanol–water partition coefficient (Wildman–Crippen LogP) is 4.78. The van der Waals surface area contributed by atoms with Crippen molar-refractivity contribution in [3.63, 3.8) is 0 Å². The van der Waals surface area contributed by atoms with E-state index in [0.717, 1.165) is 147 Å². The number of fused-ring (bicyclic) bond motifs is 2. The van der Waals surface area contributed by atoms with Crippen molar-refractivity contribution in [1.29, 1.82) is 0 Å². The number of likely N-dealkylation sites (N-methyl/N-ethyl adjacent to an activating group) is 2. The molecule has 12 rings (SSSR count). The average molecular weight is 1290 g/mol. The molecule has 29 heteroatoms. The minimum Gasteiger partial charge on any atom is -0.491 e. The van der Waals surface area contributed by atoms with Crippen LogP contribution in [0.1, 0.15) is 57.1 Å². The Balaban J connectivity index is 0.683. The predicted molar refractivity (Wildman–Crippen MR) is 350 cm³/mol. The van der Waals surface area contributed by atoms with E-state index < -0.39 is 20.0 Å². The Kier molecular flexibility index (Phi) is 20.4. The van der Waals surface area contributed by atoms with Gasteiger partial charge in [-0.25, -0.2) is 31.8 Å². The molecule has 10 heterocycles. The molecule has 0 spiro atoms. The molecule has 2 atom stereocenters.